The van der Waals surface area contributed by atoms with Crippen molar-refractivity contribution in [2.45, 2.75) is 23.9 Å². The molecule has 1 atom stereocenters. The fourth-order valence-electron chi connectivity index (χ4n) is 3.22. The van der Waals surface area contributed by atoms with Crippen molar-refractivity contribution in [3.05, 3.63) is 59.7 Å². The maximum absolute atomic E-state index is 12.4. The Morgan fingerprint density at radius 1 is 1.23 bits per heavy atom. The second-order valence-electron chi connectivity index (χ2n) is 6.84. The summed E-state index contributed by atoms with van der Waals surface area (Å²) in [7, 11) is -0.335. The number of hydrogen-bond donors (Lipinski definition) is 3. The summed E-state index contributed by atoms with van der Waals surface area (Å²) in [5.41, 5.74) is 1.93. The van der Waals surface area contributed by atoms with Crippen molar-refractivity contribution in [3.8, 4) is 5.75 Å². The van der Waals surface area contributed by atoms with Crippen LogP contribution in [0.3, 0.4) is 0 Å². The first kappa shape index (κ1) is 25.4. The first-order valence-corrected chi connectivity index (χ1v) is 11.3. The van der Waals surface area contributed by atoms with E-state index in [0.717, 1.165) is 23.3 Å². The summed E-state index contributed by atoms with van der Waals surface area (Å²) in [6.07, 6.45) is 0.832. The van der Waals surface area contributed by atoms with Gasteiger partial charge in [-0.05, 0) is 23.8 Å². The van der Waals surface area contributed by atoms with Gasteiger partial charge in [-0.2, -0.15) is 0 Å². The van der Waals surface area contributed by atoms with Crippen molar-refractivity contribution >= 4 is 40.0 Å². The Kier molecular flexibility index (Phi) is 10.0. The molecule has 0 saturated carbocycles. The van der Waals surface area contributed by atoms with E-state index in [-0.39, 0.29) is 41.5 Å². The summed E-state index contributed by atoms with van der Waals surface area (Å²) < 4.78 is 37.9. The predicted molar refractivity (Wildman–Crippen MR) is 132 cm³/mol. The van der Waals surface area contributed by atoms with Crippen molar-refractivity contribution in [1.82, 2.24) is 15.4 Å². The molecule has 0 fully saturated rings. The molecule has 3 rings (SSSR count). The average molecular weight is 560 g/mol. The zero-order chi connectivity index (χ0) is 21.4. The summed E-state index contributed by atoms with van der Waals surface area (Å²) in [5.74, 6) is 1.53. The molecule has 3 N–H and O–H groups in total. The summed E-state index contributed by atoms with van der Waals surface area (Å²) in [5, 5.41) is 6.68. The van der Waals surface area contributed by atoms with Crippen molar-refractivity contribution in [3.63, 3.8) is 0 Å². The number of aliphatic imine (C=N–C) groups is 1. The smallest absolute Gasteiger partial charge is 0.240 e. The zero-order valence-electron chi connectivity index (χ0n) is 17.6. The minimum atomic E-state index is -3.57. The van der Waals surface area contributed by atoms with Gasteiger partial charge in [0.05, 0.1) is 24.2 Å². The largest absolute Gasteiger partial charge is 0.493 e. The van der Waals surface area contributed by atoms with Gasteiger partial charge in [0, 0.05) is 39.2 Å². The molecule has 0 saturated heterocycles. The Balaban J connectivity index is 0.00000341. The third-order valence-corrected chi connectivity index (χ3v) is 6.22. The Hall–Kier alpha value is -1.89. The number of guanidine groups is 1. The highest BCUT2D eigenvalue weighted by Gasteiger charge is 2.21. The van der Waals surface area contributed by atoms with Gasteiger partial charge in [-0.1, -0.05) is 30.3 Å². The molecule has 170 valence electrons. The van der Waals surface area contributed by atoms with E-state index < -0.39 is 10.0 Å². The number of nitrogens with one attached hydrogen (secondary N) is 3. The van der Waals surface area contributed by atoms with Gasteiger partial charge in [0.2, 0.25) is 10.0 Å². The monoisotopic (exact) mass is 560 g/mol. The Morgan fingerprint density at radius 3 is 2.81 bits per heavy atom. The molecule has 0 spiro atoms. The van der Waals surface area contributed by atoms with Gasteiger partial charge in [-0.15, -0.1) is 24.0 Å². The number of methoxy groups -OCH3 is 1. The molecule has 0 amide bonds. The van der Waals surface area contributed by atoms with E-state index in [2.05, 4.69) is 20.3 Å². The molecule has 0 bridgehead atoms. The lowest BCUT2D eigenvalue weighted by atomic mass is 10.0. The predicted octanol–water partition coefficient (Wildman–Crippen LogP) is 2.42. The molecule has 10 heteroatoms. The standard InChI is InChI=1S/C21H28N4O4S.HI/c1-22-21(25-19-10-12-29-20-9-4-3-8-18(19)20)23-15-16-6-5-7-17(14-16)30(26,27)24-11-13-28-2;/h3-9,14,19,24H,10-13,15H2,1-2H3,(H2,22,23,25);1H. The van der Waals surface area contributed by atoms with Gasteiger partial charge in [-0.3, -0.25) is 4.99 Å². The van der Waals surface area contributed by atoms with Crippen molar-refractivity contribution in [2.75, 3.05) is 33.9 Å². The molecule has 2 aromatic carbocycles. The summed E-state index contributed by atoms with van der Waals surface area (Å²) in [6, 6.07) is 14.9. The fourth-order valence-corrected chi connectivity index (χ4v) is 4.30. The quantitative estimate of drug-likeness (QED) is 0.199. The third kappa shape index (κ3) is 7.06. The van der Waals surface area contributed by atoms with Crippen LogP contribution in [-0.4, -0.2) is 48.3 Å². The molecule has 1 unspecified atom stereocenters. The number of fused-ring (bicyclic) bond motifs is 1. The first-order valence-electron chi connectivity index (χ1n) is 9.80. The second-order valence-corrected chi connectivity index (χ2v) is 8.60. The highest BCUT2D eigenvalue weighted by Crippen LogP contribution is 2.31. The van der Waals surface area contributed by atoms with Crippen LogP contribution in [0.5, 0.6) is 5.75 Å². The molecular formula is C21H29IN4O4S. The van der Waals surface area contributed by atoms with Gasteiger partial charge in [0.15, 0.2) is 5.96 Å². The minimum absolute atomic E-state index is 0. The lowest BCUT2D eigenvalue weighted by Crippen LogP contribution is -2.40. The molecule has 0 aromatic heterocycles. The number of sulfonamides is 1. The van der Waals surface area contributed by atoms with Crippen LogP contribution in [0.4, 0.5) is 0 Å². The van der Waals surface area contributed by atoms with Gasteiger partial charge in [0.25, 0.3) is 0 Å². The van der Waals surface area contributed by atoms with Crippen molar-refractivity contribution < 1.29 is 17.9 Å². The number of halogens is 1. The molecule has 2 aromatic rings. The molecule has 31 heavy (non-hydrogen) atoms. The number of hydrogen-bond acceptors (Lipinski definition) is 5. The molecular weight excluding hydrogens is 531 g/mol. The van der Waals surface area contributed by atoms with Crippen LogP contribution in [0, 0.1) is 0 Å². The molecule has 0 radical (unpaired) electrons. The maximum Gasteiger partial charge on any atom is 0.240 e. The van der Waals surface area contributed by atoms with Crippen LogP contribution in [-0.2, 0) is 21.3 Å². The van der Waals surface area contributed by atoms with E-state index >= 15 is 0 Å². The van der Waals surface area contributed by atoms with Crippen LogP contribution < -0.4 is 20.1 Å². The first-order chi connectivity index (χ1) is 14.5. The van der Waals surface area contributed by atoms with E-state index in [0.29, 0.717) is 25.7 Å². The molecule has 0 aliphatic carbocycles. The summed E-state index contributed by atoms with van der Waals surface area (Å²) >= 11 is 0. The fraction of sp³-hybridized carbons (Fsp3) is 0.381. The molecule has 1 aliphatic heterocycles. The summed E-state index contributed by atoms with van der Waals surface area (Å²) in [4.78, 5) is 4.52. The van der Waals surface area contributed by atoms with Crippen molar-refractivity contribution in [1.29, 1.82) is 0 Å². The number of benzene rings is 2. The lowest BCUT2D eigenvalue weighted by Gasteiger charge is -2.28. The topological polar surface area (TPSA) is 101 Å². The average Bonchev–Trinajstić information content (AvgIpc) is 2.77. The Bertz CT molecular complexity index is 985. The molecule has 8 nitrogen and oxygen atoms in total. The van der Waals surface area contributed by atoms with Crippen LogP contribution in [0.25, 0.3) is 0 Å². The van der Waals surface area contributed by atoms with Gasteiger partial charge in [0.1, 0.15) is 5.75 Å². The molecule has 1 heterocycles. The summed E-state index contributed by atoms with van der Waals surface area (Å²) in [6.45, 7) is 1.62. The number of nitrogens with zero attached hydrogens (tertiary/aromatic N) is 1. The highest BCUT2D eigenvalue weighted by atomic mass is 127. The van der Waals surface area contributed by atoms with Gasteiger partial charge < -0.3 is 20.1 Å². The SMILES string of the molecule is CN=C(NCc1cccc(S(=O)(=O)NCCOC)c1)NC1CCOc2ccccc21.I. The van der Waals surface area contributed by atoms with Gasteiger partial charge >= 0.3 is 0 Å². The van der Waals surface area contributed by atoms with Crippen molar-refractivity contribution in [2.24, 2.45) is 4.99 Å². The van der Waals surface area contributed by atoms with Crippen LogP contribution in [0.2, 0.25) is 0 Å². The normalized spacial score (nSPS) is 15.9. The third-order valence-electron chi connectivity index (χ3n) is 4.76. The van der Waals surface area contributed by atoms with E-state index in [1.807, 2.05) is 30.3 Å². The van der Waals surface area contributed by atoms with Crippen LogP contribution in [0.1, 0.15) is 23.6 Å². The van der Waals surface area contributed by atoms with Gasteiger partial charge in [-0.25, -0.2) is 13.1 Å². The van der Waals surface area contributed by atoms with Crippen LogP contribution in [0.15, 0.2) is 58.4 Å². The second kappa shape index (κ2) is 12.2. The maximum atomic E-state index is 12.4. The molecule has 1 aliphatic rings. The minimum Gasteiger partial charge on any atom is -0.493 e. The van der Waals surface area contributed by atoms with E-state index in [1.165, 1.54) is 7.11 Å². The van der Waals surface area contributed by atoms with E-state index in [4.69, 9.17) is 9.47 Å². The van der Waals surface area contributed by atoms with E-state index in [1.54, 1.807) is 25.2 Å². The van der Waals surface area contributed by atoms with Crippen LogP contribution >= 0.6 is 24.0 Å². The highest BCUT2D eigenvalue weighted by molar-refractivity contribution is 14.0. The number of ether oxygens (including phenoxy) is 2. The Labute approximate surface area is 200 Å². The van der Waals surface area contributed by atoms with E-state index in [9.17, 15) is 8.42 Å². The number of rotatable bonds is 8. The number of para-hydroxylation sites is 1. The lowest BCUT2D eigenvalue weighted by molar-refractivity contribution is 0.204. The Morgan fingerprint density at radius 2 is 2.03 bits per heavy atom. The zero-order valence-corrected chi connectivity index (χ0v) is 20.8.